The first-order valence-corrected chi connectivity index (χ1v) is 5.63. The van der Waals surface area contributed by atoms with Crippen LogP contribution in [0, 0.1) is 0 Å². The number of phenols is 1. The van der Waals surface area contributed by atoms with Gasteiger partial charge in [0.25, 0.3) is 0 Å². The summed E-state index contributed by atoms with van der Waals surface area (Å²) in [4.78, 5) is 12.2. The minimum absolute atomic E-state index is 0.0219. The Morgan fingerprint density at radius 2 is 1.65 bits per heavy atom. The molecule has 2 nitrogen and oxygen atoms in total. The molecule has 0 unspecified atom stereocenters. The highest BCUT2D eigenvalue weighted by molar-refractivity contribution is 6.41. The Morgan fingerprint density at radius 1 is 1.00 bits per heavy atom. The summed E-state index contributed by atoms with van der Waals surface area (Å²) in [5, 5.41) is 9.68. The second-order valence-electron chi connectivity index (χ2n) is 3.45. The van der Waals surface area contributed by atoms with Crippen LogP contribution in [0.3, 0.4) is 0 Å². The molecule has 1 N–H and O–H groups in total. The summed E-state index contributed by atoms with van der Waals surface area (Å²) in [7, 11) is 0. The Balaban J connectivity index is 2.56. The lowest BCUT2D eigenvalue weighted by atomic mass is 10.0. The van der Waals surface area contributed by atoms with E-state index in [1.807, 2.05) is 6.07 Å². The second-order valence-corrected chi connectivity index (χ2v) is 4.24. The molecule has 4 heteroatoms. The van der Waals surface area contributed by atoms with Gasteiger partial charge in [0, 0.05) is 5.56 Å². The van der Waals surface area contributed by atoms with Crippen molar-refractivity contribution in [2.45, 2.75) is 0 Å². The lowest BCUT2D eigenvalue weighted by Gasteiger charge is -2.07. The van der Waals surface area contributed by atoms with E-state index in [1.54, 1.807) is 24.3 Å². The summed E-state index contributed by atoms with van der Waals surface area (Å²) < 4.78 is 0. The summed E-state index contributed by atoms with van der Waals surface area (Å²) in [6.07, 6.45) is 0. The molecule has 0 atom stereocenters. The molecule has 0 aliphatic carbocycles. The molecule has 0 saturated carbocycles. The van der Waals surface area contributed by atoms with E-state index >= 15 is 0 Å². The van der Waals surface area contributed by atoms with Crippen LogP contribution in [0.5, 0.6) is 5.75 Å². The Labute approximate surface area is 108 Å². The molecule has 2 aromatic rings. The van der Waals surface area contributed by atoms with Gasteiger partial charge < -0.3 is 5.11 Å². The first kappa shape index (κ1) is 12.0. The van der Waals surface area contributed by atoms with E-state index in [0.29, 0.717) is 5.56 Å². The number of hydrogen-bond acceptors (Lipinski definition) is 2. The summed E-state index contributed by atoms with van der Waals surface area (Å²) in [5.74, 6) is -0.466. The van der Waals surface area contributed by atoms with Crippen LogP contribution in [0.25, 0.3) is 0 Å². The third-order valence-electron chi connectivity index (χ3n) is 2.33. The van der Waals surface area contributed by atoms with E-state index in [9.17, 15) is 9.90 Å². The van der Waals surface area contributed by atoms with Crippen molar-refractivity contribution in [1.29, 1.82) is 0 Å². The van der Waals surface area contributed by atoms with Crippen molar-refractivity contribution in [1.82, 2.24) is 0 Å². The van der Waals surface area contributed by atoms with Gasteiger partial charge in [-0.3, -0.25) is 4.79 Å². The fourth-order valence-corrected chi connectivity index (χ4v) is 2.03. The van der Waals surface area contributed by atoms with Crippen LogP contribution in [0.4, 0.5) is 0 Å². The normalized spacial score (nSPS) is 10.2. The van der Waals surface area contributed by atoms with Gasteiger partial charge >= 0.3 is 0 Å². The highest BCUT2D eigenvalue weighted by atomic mass is 35.5. The standard InChI is InChI=1S/C13H8Cl2O2/c14-9-6-7-10(16)12(15)11(9)13(17)8-4-2-1-3-5-8/h1-7,16H. The molecule has 0 aliphatic rings. The third kappa shape index (κ3) is 2.28. The average Bonchev–Trinajstić information content (AvgIpc) is 2.35. The van der Waals surface area contributed by atoms with Crippen molar-refractivity contribution in [2.24, 2.45) is 0 Å². The lowest BCUT2D eigenvalue weighted by Crippen LogP contribution is -2.03. The molecule has 0 aliphatic heterocycles. The summed E-state index contributed by atoms with van der Waals surface area (Å²) in [6.45, 7) is 0. The number of carbonyl (C=O) groups excluding carboxylic acids is 1. The molecule has 0 radical (unpaired) electrons. The van der Waals surface area contributed by atoms with Gasteiger partial charge in [0.1, 0.15) is 5.75 Å². The molecule has 2 aromatic carbocycles. The number of aromatic hydroxyl groups is 1. The highest BCUT2D eigenvalue weighted by Gasteiger charge is 2.18. The third-order valence-corrected chi connectivity index (χ3v) is 3.03. The van der Waals surface area contributed by atoms with Gasteiger partial charge in [-0.05, 0) is 12.1 Å². The fourth-order valence-electron chi connectivity index (χ4n) is 1.48. The van der Waals surface area contributed by atoms with E-state index < -0.39 is 0 Å². The number of hydrogen-bond donors (Lipinski definition) is 1. The van der Waals surface area contributed by atoms with E-state index in [1.165, 1.54) is 12.1 Å². The van der Waals surface area contributed by atoms with Crippen molar-refractivity contribution in [3.63, 3.8) is 0 Å². The Hall–Kier alpha value is -1.51. The van der Waals surface area contributed by atoms with E-state index in [4.69, 9.17) is 23.2 Å². The smallest absolute Gasteiger partial charge is 0.196 e. The minimum Gasteiger partial charge on any atom is -0.506 e. The van der Waals surface area contributed by atoms with Crippen LogP contribution < -0.4 is 0 Å². The molecule has 0 fully saturated rings. The van der Waals surface area contributed by atoms with Crippen LogP contribution in [-0.4, -0.2) is 10.9 Å². The summed E-state index contributed by atoms with van der Waals surface area (Å²) in [6, 6.07) is 11.4. The number of phenolic OH excluding ortho intramolecular Hbond substituents is 1. The molecule has 0 spiro atoms. The van der Waals surface area contributed by atoms with Crippen LogP contribution in [-0.2, 0) is 0 Å². The van der Waals surface area contributed by atoms with Crippen LogP contribution in [0.2, 0.25) is 10.0 Å². The zero-order chi connectivity index (χ0) is 12.4. The van der Waals surface area contributed by atoms with E-state index in [2.05, 4.69) is 0 Å². The average molecular weight is 267 g/mol. The van der Waals surface area contributed by atoms with E-state index in [-0.39, 0.29) is 27.1 Å². The quantitative estimate of drug-likeness (QED) is 0.837. The van der Waals surface area contributed by atoms with Gasteiger partial charge in [-0.2, -0.15) is 0 Å². The molecular formula is C13H8Cl2O2. The van der Waals surface area contributed by atoms with Crippen molar-refractivity contribution in [3.8, 4) is 5.75 Å². The Bertz CT molecular complexity index is 565. The summed E-state index contributed by atoms with van der Waals surface area (Å²) >= 11 is 11.8. The monoisotopic (exact) mass is 266 g/mol. The zero-order valence-electron chi connectivity index (χ0n) is 8.65. The van der Waals surface area contributed by atoms with Crippen molar-refractivity contribution in [3.05, 3.63) is 63.6 Å². The first-order chi connectivity index (χ1) is 8.11. The minimum atomic E-state index is -0.309. The maximum absolute atomic E-state index is 12.2. The second kappa shape index (κ2) is 4.78. The van der Waals surface area contributed by atoms with Gasteiger partial charge in [-0.15, -0.1) is 0 Å². The predicted octanol–water partition coefficient (Wildman–Crippen LogP) is 3.93. The van der Waals surface area contributed by atoms with Gasteiger partial charge in [-0.1, -0.05) is 53.5 Å². The molecule has 0 aromatic heterocycles. The molecule has 17 heavy (non-hydrogen) atoms. The van der Waals surface area contributed by atoms with E-state index in [0.717, 1.165) is 0 Å². The van der Waals surface area contributed by atoms with Gasteiger partial charge in [0.15, 0.2) is 5.78 Å². The molecule has 0 saturated heterocycles. The molecule has 2 rings (SSSR count). The summed E-state index contributed by atoms with van der Waals surface area (Å²) in [5.41, 5.74) is 0.599. The topological polar surface area (TPSA) is 37.3 Å². The first-order valence-electron chi connectivity index (χ1n) is 4.88. The predicted molar refractivity (Wildman–Crippen MR) is 68.0 cm³/mol. The maximum Gasteiger partial charge on any atom is 0.196 e. The zero-order valence-corrected chi connectivity index (χ0v) is 10.2. The molecule has 86 valence electrons. The van der Waals surface area contributed by atoms with Gasteiger partial charge in [0.2, 0.25) is 0 Å². The van der Waals surface area contributed by atoms with Crippen LogP contribution >= 0.6 is 23.2 Å². The van der Waals surface area contributed by atoms with Gasteiger partial charge in [0.05, 0.1) is 15.6 Å². The Kier molecular flexibility index (Phi) is 3.36. The number of benzene rings is 2. The van der Waals surface area contributed by atoms with Crippen molar-refractivity contribution < 1.29 is 9.90 Å². The van der Waals surface area contributed by atoms with Crippen LogP contribution in [0.1, 0.15) is 15.9 Å². The highest BCUT2D eigenvalue weighted by Crippen LogP contribution is 2.33. The maximum atomic E-state index is 12.2. The SMILES string of the molecule is O=C(c1ccccc1)c1c(Cl)ccc(O)c1Cl. The number of rotatable bonds is 2. The Morgan fingerprint density at radius 3 is 2.29 bits per heavy atom. The number of carbonyl (C=O) groups is 1. The molecular weight excluding hydrogens is 259 g/mol. The largest absolute Gasteiger partial charge is 0.506 e. The van der Waals surface area contributed by atoms with Crippen molar-refractivity contribution in [2.75, 3.05) is 0 Å². The molecule has 0 bridgehead atoms. The number of halogens is 2. The molecule has 0 heterocycles. The van der Waals surface area contributed by atoms with Gasteiger partial charge in [-0.25, -0.2) is 0 Å². The van der Waals surface area contributed by atoms with Crippen molar-refractivity contribution >= 4 is 29.0 Å². The number of ketones is 1. The fraction of sp³-hybridized carbons (Fsp3) is 0. The van der Waals surface area contributed by atoms with Crippen LogP contribution in [0.15, 0.2) is 42.5 Å². The lowest BCUT2D eigenvalue weighted by molar-refractivity contribution is 0.103. The molecule has 0 amide bonds.